The highest BCUT2D eigenvalue weighted by Gasteiger charge is 2.45. The smallest absolute Gasteiger partial charge is 0.409 e. The molecule has 12 N–H and O–H groups in total. The van der Waals surface area contributed by atoms with Crippen LogP contribution in [0.4, 0.5) is 57.3 Å². The molecule has 13 heterocycles. The highest BCUT2D eigenvalue weighted by atomic mass is 19.1. The highest BCUT2D eigenvalue weighted by molar-refractivity contribution is 5.67. The fourth-order valence-electron chi connectivity index (χ4n) is 20.6. The Kier molecular flexibility index (Phi) is 28.9. The number of hydrogen-bond donors (Lipinski definition) is 12. The van der Waals surface area contributed by atoms with E-state index in [4.69, 9.17) is 4.74 Å². The number of rotatable bonds is 12. The Morgan fingerprint density at radius 3 is 0.966 bits per heavy atom. The summed E-state index contributed by atoms with van der Waals surface area (Å²) < 4.78 is 68.3. The van der Waals surface area contributed by atoms with Gasteiger partial charge in [0.2, 0.25) is 0 Å². The lowest BCUT2D eigenvalue weighted by molar-refractivity contribution is 0.106. The normalized spacial score (nSPS) is 18.6. The molecule has 14 aromatic rings. The van der Waals surface area contributed by atoms with Crippen LogP contribution < -0.4 is 99.4 Å². The van der Waals surface area contributed by atoms with E-state index in [1.165, 1.54) is 60.8 Å². The number of ether oxygens (including phenoxy) is 1. The number of amides is 1. The molecule has 0 bridgehead atoms. The average molecular weight is 1990 g/mol. The van der Waals surface area contributed by atoms with Crippen molar-refractivity contribution in [3.05, 3.63) is 433 Å². The van der Waals surface area contributed by atoms with Crippen LogP contribution in [0, 0.1) is 30.2 Å². The van der Waals surface area contributed by atoms with Crippen molar-refractivity contribution >= 4 is 41.0 Å². The van der Waals surface area contributed by atoms with Crippen LogP contribution in [0.2, 0.25) is 0 Å². The Morgan fingerprint density at radius 1 is 0.329 bits per heavy atom. The SMILES string of the molecule is CC1(n2c(=O)[nH]c3c(c2=O)CC[C@@H](c2ccccc2F)N3)CC1.CC1(n2c(=O)[nH]c3c(c2=O)CC[C@H](c2ccccc2F)N3)CC1.COC(=O)N1CCC(n2c(=O)[nH]c3c(c2=O)CC[C@H](c2ccccc2)N3)CC1.Cc1ccccc1[C@@H]1CCc2c([nH]c(=O)n(C(C)C)c2=O)N1.O=c1[nH]c2c(c(=O)n1-c1ccccc1)CC[C@@H](c1ccccc1F)N2.O=c1[nH]c2c(c(=O)n1-c1ccccc1)CC[C@H](c1ccccc1F)N2. The third kappa shape index (κ3) is 20.7. The number of H-pyrrole nitrogens is 6. The summed E-state index contributed by atoms with van der Waals surface area (Å²) in [5, 5.41) is 19.1. The number of aromatic nitrogens is 12. The Bertz CT molecular complexity index is 7770. The van der Waals surface area contributed by atoms with Crippen molar-refractivity contribution < 1.29 is 27.1 Å². The molecule has 6 aromatic heterocycles. The first kappa shape index (κ1) is 99.8. The molecule has 2 aliphatic carbocycles. The Labute approximate surface area is 831 Å². The summed E-state index contributed by atoms with van der Waals surface area (Å²) in [4.78, 5) is 181. The molecule has 0 unspecified atom stereocenters. The Balaban J connectivity index is 0.000000115. The number of carbonyl (C=O) groups is 1. The zero-order valence-corrected chi connectivity index (χ0v) is 81.3. The van der Waals surface area contributed by atoms with Gasteiger partial charge in [0.25, 0.3) is 33.4 Å². The number of piperidine rings is 1. The summed E-state index contributed by atoms with van der Waals surface area (Å²) in [5.74, 6) is 1.55. The number of para-hydroxylation sites is 2. The van der Waals surface area contributed by atoms with Gasteiger partial charge in [0.15, 0.2) is 0 Å². The van der Waals surface area contributed by atoms with Gasteiger partial charge in [-0.2, -0.15) is 0 Å². The molecule has 146 heavy (non-hydrogen) atoms. The predicted molar refractivity (Wildman–Crippen MR) is 550 cm³/mol. The summed E-state index contributed by atoms with van der Waals surface area (Å²) in [6.45, 7) is 10.5. The molecule has 1 saturated heterocycles. The molecule has 3 fully saturated rings. The number of fused-ring (bicyclic) bond motifs is 6. The van der Waals surface area contributed by atoms with E-state index < -0.39 is 28.4 Å². The third-order valence-electron chi connectivity index (χ3n) is 29.0. The number of likely N-dealkylation sites (tertiary alicyclic amines) is 1. The number of benzene rings is 8. The number of carbonyl (C=O) groups excluding carboxylic acids is 1. The van der Waals surface area contributed by atoms with E-state index in [9.17, 15) is 79.9 Å². The zero-order valence-electron chi connectivity index (χ0n) is 81.3. The number of hydrogen-bond acceptors (Lipinski definition) is 20. The fraction of sp³-hybridized carbons (Fsp3) is 0.330. The van der Waals surface area contributed by atoms with Gasteiger partial charge >= 0.3 is 40.2 Å². The maximum atomic E-state index is 14.0. The molecule has 33 nitrogen and oxygen atoms in total. The second-order valence-electron chi connectivity index (χ2n) is 38.8. The van der Waals surface area contributed by atoms with E-state index in [1.54, 1.807) is 126 Å². The van der Waals surface area contributed by atoms with Crippen LogP contribution in [0.5, 0.6) is 0 Å². The first-order valence-corrected chi connectivity index (χ1v) is 49.3. The van der Waals surface area contributed by atoms with Crippen LogP contribution in [-0.2, 0) is 54.3 Å². The van der Waals surface area contributed by atoms with Crippen molar-refractivity contribution in [1.82, 2.24) is 62.2 Å². The van der Waals surface area contributed by atoms with Gasteiger partial charge in [-0.3, -0.25) is 76.9 Å². The van der Waals surface area contributed by atoms with Gasteiger partial charge in [-0.15, -0.1) is 0 Å². The van der Waals surface area contributed by atoms with Crippen LogP contribution in [0.25, 0.3) is 11.4 Å². The highest BCUT2D eigenvalue weighted by Crippen LogP contribution is 2.44. The second-order valence-corrected chi connectivity index (χ2v) is 38.8. The number of methoxy groups -OCH3 is 1. The Hall–Kier alpha value is -16.4. The van der Waals surface area contributed by atoms with E-state index in [0.29, 0.717) is 192 Å². The molecule has 7 aliphatic heterocycles. The van der Waals surface area contributed by atoms with Crippen molar-refractivity contribution in [2.45, 2.75) is 210 Å². The topological polar surface area (TPSA) is 431 Å². The Morgan fingerprint density at radius 2 is 0.616 bits per heavy atom. The van der Waals surface area contributed by atoms with E-state index in [2.05, 4.69) is 80.9 Å². The van der Waals surface area contributed by atoms with Crippen molar-refractivity contribution in [3.63, 3.8) is 0 Å². The van der Waals surface area contributed by atoms with Gasteiger partial charge in [0.05, 0.1) is 99.2 Å². The molecule has 0 radical (unpaired) electrons. The van der Waals surface area contributed by atoms with E-state index in [0.717, 1.165) is 53.2 Å². The summed E-state index contributed by atoms with van der Waals surface area (Å²) in [6.07, 6.45) is 11.4. The summed E-state index contributed by atoms with van der Waals surface area (Å²) in [6, 6.07) is 60.7. The van der Waals surface area contributed by atoms with E-state index >= 15 is 0 Å². The monoisotopic (exact) mass is 1990 g/mol. The molecule has 1 amide bonds. The third-order valence-corrected chi connectivity index (χ3v) is 29.0. The number of aryl methyl sites for hydroxylation is 1. The quantitative estimate of drug-likeness (QED) is 0.0505. The first-order chi connectivity index (χ1) is 70.3. The predicted octanol–water partition coefficient (Wildman–Crippen LogP) is 14.7. The number of halogens is 4. The minimum Gasteiger partial charge on any atom is -0.453 e. The number of anilines is 6. The lowest BCUT2D eigenvalue weighted by Crippen LogP contribution is -2.46. The molecular formula is C109H113F4N19O14. The minimum absolute atomic E-state index is 0.0721. The molecule has 6 atom stereocenters. The maximum Gasteiger partial charge on any atom is 0.409 e. The van der Waals surface area contributed by atoms with Crippen LogP contribution in [0.15, 0.2) is 270 Å². The van der Waals surface area contributed by atoms with E-state index in [1.807, 2.05) is 82.3 Å². The van der Waals surface area contributed by atoms with Gasteiger partial charge in [-0.05, 0) is 215 Å². The molecule has 0 spiro atoms. The molecule has 8 aromatic carbocycles. The molecule has 23 rings (SSSR count). The maximum absolute atomic E-state index is 14.0. The number of nitrogens with zero attached hydrogens (tertiary/aromatic N) is 7. The largest absolute Gasteiger partial charge is 0.453 e. The van der Waals surface area contributed by atoms with Crippen LogP contribution in [0.3, 0.4) is 0 Å². The number of aromatic amines is 6. The van der Waals surface area contributed by atoms with Crippen molar-refractivity contribution in [3.8, 4) is 11.4 Å². The van der Waals surface area contributed by atoms with Crippen molar-refractivity contribution in [2.75, 3.05) is 52.1 Å². The van der Waals surface area contributed by atoms with Gasteiger partial charge in [-0.25, -0.2) is 60.3 Å². The van der Waals surface area contributed by atoms with Crippen LogP contribution in [-0.4, -0.2) is 88.5 Å². The van der Waals surface area contributed by atoms with Crippen LogP contribution in [0.1, 0.15) is 225 Å². The molecule has 9 aliphatic rings. The van der Waals surface area contributed by atoms with Crippen LogP contribution >= 0.6 is 0 Å². The lowest BCUT2D eigenvalue weighted by Gasteiger charge is -2.32. The van der Waals surface area contributed by atoms with Crippen molar-refractivity contribution in [2.24, 2.45) is 0 Å². The van der Waals surface area contributed by atoms with Gasteiger partial charge < -0.3 is 41.5 Å². The standard InChI is InChI=1S/C20H24N4O4.2C19H16FN3O2.2C17H18FN3O2.C17H21N3O2/c1-28-20(27)23-11-9-14(10-12-23)24-18(25)15-7-8-16(13-5-3-2-4-6-13)21-17(15)22-19(24)26;2*20-15-9-5-4-8-13(15)16-11-10-14-17(21-16)22-19(25)23(18(14)24)12-6-2-1-3-7-12;2*1-17(8-9-17)21-15(22)11-6-7-13(19-14(11)20-16(21)23)10-4-2-3-5-12(10)18;1-10(2)20-16(21)13-8-9-14(18-15(13)19-17(20)22)12-7-5-4-6-11(12)3/h2-6,14,16,21H,7-12H2,1H3,(H,22,26);2*1-9,16,21H,10-11H2,(H,22,25);2*2-5,13,19H,6-9H2,1H3,(H,20,23);4-7,10,14,18H,8-9H2,1-3H3,(H,19,22)/t3*16-;2*13-;14-/m110100/s1. The summed E-state index contributed by atoms with van der Waals surface area (Å²) in [7, 11) is 1.35. The fourth-order valence-corrected chi connectivity index (χ4v) is 20.6. The second kappa shape index (κ2) is 42.3. The van der Waals surface area contributed by atoms with E-state index in [-0.39, 0.29) is 128 Å². The number of nitrogens with one attached hydrogen (secondary N) is 12. The lowest BCUT2D eigenvalue weighted by atomic mass is 9.93. The van der Waals surface area contributed by atoms with Gasteiger partial charge in [0.1, 0.15) is 58.2 Å². The molecular weight excluding hydrogens is 1880 g/mol. The summed E-state index contributed by atoms with van der Waals surface area (Å²) in [5.41, 5.74) is 5.47. The first-order valence-electron chi connectivity index (χ1n) is 49.3. The molecule has 756 valence electrons. The molecule has 2 saturated carbocycles. The minimum atomic E-state index is -0.517. The summed E-state index contributed by atoms with van der Waals surface area (Å²) >= 11 is 0. The zero-order chi connectivity index (χ0) is 103. The van der Waals surface area contributed by atoms with Crippen molar-refractivity contribution in [1.29, 1.82) is 0 Å². The van der Waals surface area contributed by atoms with Gasteiger partial charge in [-0.1, -0.05) is 164 Å². The average Bonchev–Trinajstić information content (AvgIpc) is 1.58. The molecule has 37 heteroatoms. The van der Waals surface area contributed by atoms with Gasteiger partial charge in [0, 0.05) is 47.4 Å².